The van der Waals surface area contributed by atoms with E-state index in [1.54, 1.807) is 12.2 Å². The second-order valence-electron chi connectivity index (χ2n) is 2.39. The van der Waals surface area contributed by atoms with Crippen LogP contribution < -0.4 is 5.73 Å². The topological polar surface area (TPSA) is 86.6 Å². The lowest BCUT2D eigenvalue weighted by Crippen LogP contribution is -2.15. The molecule has 0 spiro atoms. The number of anilines is 1. The van der Waals surface area contributed by atoms with Crippen molar-refractivity contribution in [2.24, 2.45) is 0 Å². The molecule has 60 valence electrons. The molecule has 1 aromatic rings. The summed E-state index contributed by atoms with van der Waals surface area (Å²) in [7, 11) is 0. The predicted molar refractivity (Wildman–Crippen MR) is 50.1 cm³/mol. The number of hydrogen-bond acceptors (Lipinski definition) is 5. The van der Waals surface area contributed by atoms with Gasteiger partial charge in [0, 0.05) is 0 Å². The monoisotopic (exact) mass is 178 g/mol. The maximum atomic E-state index is 7.50. The third-order valence-electron chi connectivity index (χ3n) is 1.58. The van der Waals surface area contributed by atoms with Crippen LogP contribution in [0.15, 0.2) is 6.08 Å². The minimum absolute atomic E-state index is 0.153. The summed E-state index contributed by atoms with van der Waals surface area (Å²) in [4.78, 5) is 4.83. The standard InChI is InChI=1S/C7H6N4S/c8-3-1-2-4-6(5(3)9)11-7(10)12-4/h1-2,8-9H,(H2,10,11). The van der Waals surface area contributed by atoms with Gasteiger partial charge < -0.3 is 5.73 Å². The molecule has 0 saturated heterocycles. The Morgan fingerprint density at radius 3 is 2.83 bits per heavy atom. The second-order valence-corrected chi connectivity index (χ2v) is 3.45. The lowest BCUT2D eigenvalue weighted by atomic mass is 10.1. The summed E-state index contributed by atoms with van der Waals surface area (Å²) < 4.78 is 0. The first kappa shape index (κ1) is 7.17. The maximum Gasteiger partial charge on any atom is 0.181 e. The normalized spacial score (nSPS) is 15.0. The zero-order chi connectivity index (χ0) is 8.72. The molecule has 0 fully saturated rings. The average molecular weight is 178 g/mol. The molecule has 1 aliphatic carbocycles. The van der Waals surface area contributed by atoms with Gasteiger partial charge >= 0.3 is 0 Å². The van der Waals surface area contributed by atoms with Gasteiger partial charge in [-0.15, -0.1) is 0 Å². The molecule has 5 heteroatoms. The second kappa shape index (κ2) is 2.25. The van der Waals surface area contributed by atoms with E-state index in [0.29, 0.717) is 10.8 Å². The van der Waals surface area contributed by atoms with Crippen LogP contribution in [-0.2, 0) is 0 Å². The number of hydrogen-bond donors (Lipinski definition) is 3. The molecule has 0 amide bonds. The summed E-state index contributed by atoms with van der Waals surface area (Å²) in [5.41, 5.74) is 6.35. The Balaban J connectivity index is 2.65. The van der Waals surface area contributed by atoms with E-state index in [0.717, 1.165) is 4.88 Å². The molecule has 1 aliphatic rings. The van der Waals surface area contributed by atoms with Gasteiger partial charge in [-0.2, -0.15) is 0 Å². The molecule has 2 rings (SSSR count). The molecular weight excluding hydrogens is 172 g/mol. The van der Waals surface area contributed by atoms with Crippen LogP contribution in [0.4, 0.5) is 5.13 Å². The number of rotatable bonds is 0. The third-order valence-corrected chi connectivity index (χ3v) is 2.43. The molecule has 0 unspecified atom stereocenters. The van der Waals surface area contributed by atoms with Crippen LogP contribution >= 0.6 is 11.3 Å². The average Bonchev–Trinajstić information content (AvgIpc) is 2.39. The lowest BCUT2D eigenvalue weighted by molar-refractivity contribution is 1.34. The molecule has 12 heavy (non-hydrogen) atoms. The lowest BCUT2D eigenvalue weighted by Gasteiger charge is -2.04. The van der Waals surface area contributed by atoms with Gasteiger partial charge in [-0.05, 0) is 12.2 Å². The minimum atomic E-state index is 0.153. The summed E-state index contributed by atoms with van der Waals surface area (Å²) in [6, 6.07) is 0. The van der Waals surface area contributed by atoms with Crippen molar-refractivity contribution < 1.29 is 0 Å². The van der Waals surface area contributed by atoms with Gasteiger partial charge in [-0.1, -0.05) is 11.3 Å². The van der Waals surface area contributed by atoms with E-state index in [9.17, 15) is 0 Å². The van der Waals surface area contributed by atoms with Gasteiger partial charge in [0.15, 0.2) is 5.13 Å². The van der Waals surface area contributed by atoms with Crippen molar-refractivity contribution in [1.29, 1.82) is 10.8 Å². The highest BCUT2D eigenvalue weighted by molar-refractivity contribution is 7.16. The molecule has 1 aromatic heterocycles. The van der Waals surface area contributed by atoms with Crippen LogP contribution in [0, 0.1) is 10.8 Å². The number of aromatic nitrogens is 1. The van der Waals surface area contributed by atoms with Gasteiger partial charge in [0.1, 0.15) is 11.4 Å². The Labute approximate surface area is 72.8 Å². The van der Waals surface area contributed by atoms with Crippen molar-refractivity contribution in [3.05, 3.63) is 16.6 Å². The van der Waals surface area contributed by atoms with E-state index < -0.39 is 0 Å². The van der Waals surface area contributed by atoms with Crippen molar-refractivity contribution >= 4 is 34.0 Å². The van der Waals surface area contributed by atoms with Crippen LogP contribution in [0.25, 0.3) is 6.08 Å². The van der Waals surface area contributed by atoms with E-state index >= 15 is 0 Å². The number of fused-ring (bicyclic) bond motifs is 1. The predicted octanol–water partition coefficient (Wildman–Crippen LogP) is 1.14. The van der Waals surface area contributed by atoms with E-state index in [4.69, 9.17) is 16.6 Å². The Morgan fingerprint density at radius 1 is 1.33 bits per heavy atom. The first-order valence-electron chi connectivity index (χ1n) is 3.30. The van der Waals surface area contributed by atoms with Crippen molar-refractivity contribution in [3.63, 3.8) is 0 Å². The third kappa shape index (κ3) is 0.868. The van der Waals surface area contributed by atoms with Gasteiger partial charge in [0.2, 0.25) is 0 Å². The van der Waals surface area contributed by atoms with Crippen molar-refractivity contribution in [2.45, 2.75) is 0 Å². The van der Waals surface area contributed by atoms with Crippen LogP contribution in [0.1, 0.15) is 10.6 Å². The first-order valence-corrected chi connectivity index (χ1v) is 4.12. The summed E-state index contributed by atoms with van der Waals surface area (Å²) in [6.45, 7) is 0. The number of nitrogens with one attached hydrogen (secondary N) is 2. The largest absolute Gasteiger partial charge is 0.375 e. The van der Waals surface area contributed by atoms with Gasteiger partial charge in [0.05, 0.1) is 10.6 Å². The van der Waals surface area contributed by atoms with Gasteiger partial charge in [-0.3, -0.25) is 10.8 Å². The summed E-state index contributed by atoms with van der Waals surface area (Å²) in [5, 5.41) is 15.3. The fraction of sp³-hybridized carbons (Fsp3) is 0. The molecule has 1 heterocycles. The van der Waals surface area contributed by atoms with Crippen LogP contribution in [0.2, 0.25) is 0 Å². The first-order chi connectivity index (χ1) is 5.68. The van der Waals surface area contributed by atoms with E-state index in [2.05, 4.69) is 4.98 Å². The zero-order valence-corrected chi connectivity index (χ0v) is 6.90. The summed E-state index contributed by atoms with van der Waals surface area (Å²) in [6.07, 6.45) is 3.35. The van der Waals surface area contributed by atoms with Crippen LogP contribution in [0.3, 0.4) is 0 Å². The van der Waals surface area contributed by atoms with Gasteiger partial charge in [-0.25, -0.2) is 4.98 Å². The molecule has 4 nitrogen and oxygen atoms in total. The van der Waals surface area contributed by atoms with Gasteiger partial charge in [0.25, 0.3) is 0 Å². The quantitative estimate of drug-likeness (QED) is 0.556. The number of nitrogens with two attached hydrogens (primary N) is 1. The molecule has 0 saturated carbocycles. The highest BCUT2D eigenvalue weighted by Crippen LogP contribution is 2.25. The maximum absolute atomic E-state index is 7.50. The fourth-order valence-electron chi connectivity index (χ4n) is 1.01. The number of nitrogen functional groups attached to an aromatic ring is 1. The molecule has 0 radical (unpaired) electrons. The van der Waals surface area contributed by atoms with Crippen molar-refractivity contribution in [2.75, 3.05) is 5.73 Å². The molecule has 0 bridgehead atoms. The van der Waals surface area contributed by atoms with Crippen molar-refractivity contribution in [3.8, 4) is 0 Å². The number of thiazole rings is 1. The molecule has 0 aliphatic heterocycles. The molecule has 4 N–H and O–H groups in total. The molecule has 0 aromatic carbocycles. The molecule has 0 atom stereocenters. The van der Waals surface area contributed by atoms with E-state index in [1.807, 2.05) is 0 Å². The highest BCUT2D eigenvalue weighted by atomic mass is 32.1. The highest BCUT2D eigenvalue weighted by Gasteiger charge is 2.18. The summed E-state index contributed by atoms with van der Waals surface area (Å²) >= 11 is 1.34. The molecular formula is C7H6N4S. The summed E-state index contributed by atoms with van der Waals surface area (Å²) in [5.74, 6) is 0. The Bertz CT molecular complexity index is 402. The SMILES string of the molecule is N=C1C=Cc2sc(N)nc2C1=N. The van der Waals surface area contributed by atoms with Crippen LogP contribution in [0.5, 0.6) is 0 Å². The van der Waals surface area contributed by atoms with Crippen molar-refractivity contribution in [1.82, 2.24) is 4.98 Å². The Kier molecular flexibility index (Phi) is 1.34. The Morgan fingerprint density at radius 2 is 2.08 bits per heavy atom. The minimum Gasteiger partial charge on any atom is -0.375 e. The van der Waals surface area contributed by atoms with E-state index in [-0.39, 0.29) is 11.4 Å². The Hall–Kier alpha value is -1.49. The number of allylic oxidation sites excluding steroid dienone is 1. The van der Waals surface area contributed by atoms with Crippen LogP contribution in [-0.4, -0.2) is 16.4 Å². The van der Waals surface area contributed by atoms with E-state index in [1.165, 1.54) is 11.3 Å². The smallest absolute Gasteiger partial charge is 0.181 e. The number of nitrogens with zero attached hydrogens (tertiary/aromatic N) is 1. The fourth-order valence-corrected chi connectivity index (χ4v) is 1.75. The zero-order valence-electron chi connectivity index (χ0n) is 6.09.